The van der Waals surface area contributed by atoms with E-state index in [1.807, 2.05) is 133 Å². The predicted molar refractivity (Wildman–Crippen MR) is 175 cm³/mol. The molecule has 0 unspecified atom stereocenters. The molecule has 7 heteroatoms. The zero-order valence-corrected chi connectivity index (χ0v) is 25.6. The van der Waals surface area contributed by atoms with Gasteiger partial charge in [0.15, 0.2) is 0 Å². The number of hydrogen-bond donors (Lipinski definition) is 3. The molecule has 0 aromatic heterocycles. The summed E-state index contributed by atoms with van der Waals surface area (Å²) in [6.07, 6.45) is -6.17. The molecular formula is C39H38O7. The van der Waals surface area contributed by atoms with Crippen LogP contribution in [0.25, 0.3) is 0 Å². The van der Waals surface area contributed by atoms with Crippen molar-refractivity contribution in [2.75, 3.05) is 13.7 Å². The SMILES string of the molecule is COc1ccc(Cc2ccccc2O[C@H]2O[C@H](COC(c3ccccc3)(c3ccccc3)c3ccccc3)[C@@H](O)[C@H](O)[C@H]2O)cc1. The molecule has 1 fully saturated rings. The molecule has 1 aliphatic heterocycles. The normalized spacial score (nSPS) is 21.4. The molecule has 1 heterocycles. The van der Waals surface area contributed by atoms with Crippen LogP contribution in [-0.2, 0) is 21.5 Å². The topological polar surface area (TPSA) is 97.6 Å². The third-order valence-electron chi connectivity index (χ3n) is 8.44. The third-order valence-corrected chi connectivity index (χ3v) is 8.44. The number of rotatable bonds is 11. The maximum atomic E-state index is 11.1. The van der Waals surface area contributed by atoms with E-state index in [1.54, 1.807) is 13.2 Å². The molecule has 0 saturated carbocycles. The summed E-state index contributed by atoms with van der Waals surface area (Å²) in [7, 11) is 1.63. The lowest BCUT2D eigenvalue weighted by atomic mass is 9.80. The fraction of sp³-hybridized carbons (Fsp3) is 0.231. The highest BCUT2D eigenvalue weighted by Gasteiger charge is 2.47. The maximum absolute atomic E-state index is 11.1. The molecule has 0 aliphatic carbocycles. The zero-order valence-electron chi connectivity index (χ0n) is 25.6. The Bertz CT molecular complexity index is 1570. The van der Waals surface area contributed by atoms with Crippen molar-refractivity contribution in [2.24, 2.45) is 0 Å². The number of aliphatic hydroxyl groups is 3. The van der Waals surface area contributed by atoms with Crippen LogP contribution in [0.1, 0.15) is 27.8 Å². The molecule has 46 heavy (non-hydrogen) atoms. The molecule has 3 N–H and O–H groups in total. The third kappa shape index (κ3) is 6.56. The van der Waals surface area contributed by atoms with Crippen molar-refractivity contribution in [3.8, 4) is 11.5 Å². The fourth-order valence-electron chi connectivity index (χ4n) is 5.98. The van der Waals surface area contributed by atoms with Gasteiger partial charge < -0.3 is 34.3 Å². The molecule has 0 spiro atoms. The molecule has 6 rings (SSSR count). The molecule has 7 nitrogen and oxygen atoms in total. The molecular weight excluding hydrogens is 580 g/mol. The first-order chi connectivity index (χ1) is 22.5. The predicted octanol–water partition coefficient (Wildman–Crippen LogP) is 5.48. The van der Waals surface area contributed by atoms with Gasteiger partial charge in [-0.2, -0.15) is 0 Å². The van der Waals surface area contributed by atoms with Crippen LogP contribution < -0.4 is 9.47 Å². The van der Waals surface area contributed by atoms with Crippen LogP contribution in [0.4, 0.5) is 0 Å². The average Bonchev–Trinajstić information content (AvgIpc) is 3.12. The van der Waals surface area contributed by atoms with Crippen molar-refractivity contribution in [1.82, 2.24) is 0 Å². The van der Waals surface area contributed by atoms with Crippen LogP contribution in [0.5, 0.6) is 11.5 Å². The first-order valence-corrected chi connectivity index (χ1v) is 15.4. The van der Waals surface area contributed by atoms with Gasteiger partial charge >= 0.3 is 0 Å². The monoisotopic (exact) mass is 618 g/mol. The molecule has 5 aromatic rings. The van der Waals surface area contributed by atoms with Crippen molar-refractivity contribution < 1.29 is 34.3 Å². The second kappa shape index (κ2) is 14.3. The van der Waals surface area contributed by atoms with Crippen molar-refractivity contribution in [3.05, 3.63) is 167 Å². The van der Waals surface area contributed by atoms with E-state index >= 15 is 0 Å². The highest BCUT2D eigenvalue weighted by molar-refractivity contribution is 5.47. The summed E-state index contributed by atoms with van der Waals surface area (Å²) in [5.41, 5.74) is 3.52. The molecule has 1 aliphatic rings. The first kappa shape index (κ1) is 31.5. The van der Waals surface area contributed by atoms with Gasteiger partial charge in [-0.15, -0.1) is 0 Å². The molecule has 5 aromatic carbocycles. The summed E-state index contributed by atoms with van der Waals surface area (Å²) in [5, 5.41) is 33.1. The Hall–Kier alpha value is -4.50. The van der Waals surface area contributed by atoms with Gasteiger partial charge in [0.2, 0.25) is 6.29 Å². The van der Waals surface area contributed by atoms with Crippen LogP contribution in [0.3, 0.4) is 0 Å². The minimum Gasteiger partial charge on any atom is -0.497 e. The molecule has 236 valence electrons. The molecule has 1 saturated heterocycles. The summed E-state index contributed by atoms with van der Waals surface area (Å²) in [4.78, 5) is 0. The Kier molecular flexibility index (Phi) is 9.78. The van der Waals surface area contributed by atoms with Crippen molar-refractivity contribution in [3.63, 3.8) is 0 Å². The number of ether oxygens (including phenoxy) is 4. The summed E-state index contributed by atoms with van der Waals surface area (Å²) >= 11 is 0. The zero-order chi connectivity index (χ0) is 31.9. The highest BCUT2D eigenvalue weighted by atomic mass is 16.7. The van der Waals surface area contributed by atoms with Gasteiger partial charge in [0, 0.05) is 6.42 Å². The second-order valence-electron chi connectivity index (χ2n) is 11.4. The molecule has 0 radical (unpaired) electrons. The highest BCUT2D eigenvalue weighted by Crippen LogP contribution is 2.41. The van der Waals surface area contributed by atoms with Crippen molar-refractivity contribution in [1.29, 1.82) is 0 Å². The van der Waals surface area contributed by atoms with Crippen LogP contribution in [-0.4, -0.2) is 59.7 Å². The van der Waals surface area contributed by atoms with Gasteiger partial charge in [-0.1, -0.05) is 121 Å². The Morgan fingerprint density at radius 1 is 0.609 bits per heavy atom. The standard InChI is InChI=1S/C39H38O7/c1-43-32-23-21-27(22-24-32)25-28-13-11-12-20-33(28)45-38-37(42)36(41)35(40)34(46-38)26-44-39(29-14-5-2-6-15-29,30-16-7-3-8-17-30)31-18-9-4-10-19-31/h2-24,34-38,40-42H,25-26H2,1H3/t34-,35-,36+,37-,38+/m1/s1. The summed E-state index contributed by atoms with van der Waals surface area (Å²) in [6.45, 7) is -0.114. The van der Waals surface area contributed by atoms with Gasteiger partial charge in [-0.3, -0.25) is 0 Å². The summed E-state index contributed by atoms with van der Waals surface area (Å²) < 4.78 is 24.6. The smallest absolute Gasteiger partial charge is 0.229 e. The van der Waals surface area contributed by atoms with E-state index < -0.39 is 36.3 Å². The van der Waals surface area contributed by atoms with E-state index in [-0.39, 0.29) is 6.61 Å². The number of aliphatic hydroxyl groups excluding tert-OH is 3. The van der Waals surface area contributed by atoms with Crippen LogP contribution in [0.15, 0.2) is 140 Å². The second-order valence-corrected chi connectivity index (χ2v) is 11.4. The van der Waals surface area contributed by atoms with Gasteiger partial charge in [0.1, 0.15) is 41.5 Å². The lowest BCUT2D eigenvalue weighted by Crippen LogP contribution is -2.60. The van der Waals surface area contributed by atoms with E-state index in [4.69, 9.17) is 18.9 Å². The van der Waals surface area contributed by atoms with Gasteiger partial charge in [-0.05, 0) is 46.0 Å². The van der Waals surface area contributed by atoms with Crippen LogP contribution >= 0.6 is 0 Å². The Balaban J connectivity index is 1.28. The fourth-order valence-corrected chi connectivity index (χ4v) is 5.98. The molecule has 0 amide bonds. The van der Waals surface area contributed by atoms with Crippen LogP contribution in [0.2, 0.25) is 0 Å². The van der Waals surface area contributed by atoms with E-state index in [0.717, 1.165) is 33.6 Å². The number of methoxy groups -OCH3 is 1. The average molecular weight is 619 g/mol. The molecule has 0 bridgehead atoms. The first-order valence-electron chi connectivity index (χ1n) is 15.4. The van der Waals surface area contributed by atoms with Crippen molar-refractivity contribution in [2.45, 2.75) is 42.7 Å². The van der Waals surface area contributed by atoms with E-state index in [0.29, 0.717) is 12.2 Å². The number of benzene rings is 5. The van der Waals surface area contributed by atoms with Gasteiger partial charge in [0.05, 0.1) is 13.7 Å². The summed E-state index contributed by atoms with van der Waals surface area (Å²) in [5.74, 6) is 1.27. The van der Waals surface area contributed by atoms with E-state index in [9.17, 15) is 15.3 Å². The van der Waals surface area contributed by atoms with Crippen molar-refractivity contribution >= 4 is 0 Å². The summed E-state index contributed by atoms with van der Waals surface area (Å²) in [6, 6.07) is 44.8. The van der Waals surface area contributed by atoms with Crippen LogP contribution in [0, 0.1) is 0 Å². The Morgan fingerprint density at radius 3 is 1.67 bits per heavy atom. The Morgan fingerprint density at radius 2 is 1.13 bits per heavy atom. The van der Waals surface area contributed by atoms with Gasteiger partial charge in [0.25, 0.3) is 0 Å². The molecule has 5 atom stereocenters. The lowest BCUT2D eigenvalue weighted by molar-refractivity contribution is -0.283. The largest absolute Gasteiger partial charge is 0.497 e. The quantitative estimate of drug-likeness (QED) is 0.169. The minimum absolute atomic E-state index is 0.114. The van der Waals surface area contributed by atoms with E-state index in [1.165, 1.54) is 0 Å². The Labute approximate surface area is 269 Å². The number of hydrogen-bond acceptors (Lipinski definition) is 7. The lowest BCUT2D eigenvalue weighted by Gasteiger charge is -2.42. The van der Waals surface area contributed by atoms with Gasteiger partial charge in [-0.25, -0.2) is 0 Å². The minimum atomic E-state index is -1.53. The van der Waals surface area contributed by atoms with E-state index in [2.05, 4.69) is 0 Å². The maximum Gasteiger partial charge on any atom is 0.229 e. The number of para-hydroxylation sites is 1.